The summed E-state index contributed by atoms with van der Waals surface area (Å²) in [7, 11) is 0. The third kappa shape index (κ3) is 6.22. The predicted molar refractivity (Wildman–Crippen MR) is 140 cm³/mol. The van der Waals surface area contributed by atoms with Gasteiger partial charge in [-0.25, -0.2) is 9.69 Å². The summed E-state index contributed by atoms with van der Waals surface area (Å²) >= 11 is 0. The molecule has 2 amide bonds. The van der Waals surface area contributed by atoms with Crippen LogP contribution in [0.5, 0.6) is 5.75 Å². The maximum absolute atomic E-state index is 12.4. The van der Waals surface area contributed by atoms with Gasteiger partial charge in [-0.1, -0.05) is 61.2 Å². The summed E-state index contributed by atoms with van der Waals surface area (Å²) in [6.45, 7) is 2.94. The minimum Gasteiger partial charge on any atom is -0.423 e. The van der Waals surface area contributed by atoms with Gasteiger partial charge in [0, 0.05) is 18.6 Å². The lowest BCUT2D eigenvalue weighted by atomic mass is 10.0. The fourth-order valence-electron chi connectivity index (χ4n) is 3.61. The number of ketones is 1. The normalized spacial score (nSPS) is 12.8. The number of nitrogens with zero attached hydrogens (tertiary/aromatic N) is 1. The van der Waals surface area contributed by atoms with Crippen molar-refractivity contribution in [1.29, 1.82) is 0 Å². The topological polar surface area (TPSA) is 101 Å². The van der Waals surface area contributed by atoms with Gasteiger partial charge in [-0.3, -0.25) is 14.4 Å². The van der Waals surface area contributed by atoms with Crippen molar-refractivity contribution in [3.05, 3.63) is 114 Å². The average Bonchev–Trinajstić information content (AvgIpc) is 3.25. The first-order chi connectivity index (χ1) is 17.8. The van der Waals surface area contributed by atoms with Gasteiger partial charge in [-0.2, -0.15) is 0 Å². The van der Waals surface area contributed by atoms with Gasteiger partial charge in [-0.05, 0) is 52.6 Å². The van der Waals surface area contributed by atoms with Crippen molar-refractivity contribution in [2.24, 2.45) is 0 Å². The Labute approximate surface area is 213 Å². The monoisotopic (exact) mass is 493 g/mol. The number of ether oxygens (including phenoxy) is 1. The third-order valence-corrected chi connectivity index (χ3v) is 5.63. The van der Waals surface area contributed by atoms with E-state index in [-0.39, 0.29) is 29.6 Å². The quantitative estimate of drug-likeness (QED) is 0.209. The fraction of sp³-hybridized carbons (Fsp3) is 0.0667. The Bertz CT molecular complexity index is 1400. The van der Waals surface area contributed by atoms with Crippen molar-refractivity contribution in [3.63, 3.8) is 0 Å². The molecule has 0 saturated carbocycles. The second kappa shape index (κ2) is 11.2. The zero-order valence-corrected chi connectivity index (χ0v) is 19.8. The number of hydrogen-bond donors (Lipinski definition) is 1. The second-order valence-corrected chi connectivity index (χ2v) is 8.29. The van der Waals surface area contributed by atoms with Gasteiger partial charge in [0.2, 0.25) is 0 Å². The first-order valence-corrected chi connectivity index (χ1v) is 11.4. The van der Waals surface area contributed by atoms with E-state index < -0.39 is 12.6 Å². The van der Waals surface area contributed by atoms with E-state index in [0.717, 1.165) is 27.2 Å². The van der Waals surface area contributed by atoms with Crippen molar-refractivity contribution in [2.45, 2.75) is 6.42 Å². The van der Waals surface area contributed by atoms with Crippen LogP contribution in [0.4, 0.5) is 5.69 Å². The smallest absolute Gasteiger partial charge is 0.341 e. The maximum Gasteiger partial charge on any atom is 0.341 e. The summed E-state index contributed by atoms with van der Waals surface area (Å²) < 4.78 is 5.08. The predicted octanol–water partition coefficient (Wildman–Crippen LogP) is 4.06. The molecule has 0 fully saturated rings. The number of benzene rings is 3. The summed E-state index contributed by atoms with van der Waals surface area (Å²) in [6.07, 6.45) is 5.92. The van der Waals surface area contributed by atoms with Crippen LogP contribution < -0.4 is 9.64 Å². The van der Waals surface area contributed by atoms with Crippen molar-refractivity contribution in [3.8, 4) is 16.9 Å². The summed E-state index contributed by atoms with van der Waals surface area (Å²) in [5, 5.41) is 8.92. The standard InChI is InChI=1S/C30H23NO6/c1-20(19-32)30(36)37-27-14-5-21(6-15-27)4-13-26(33)18-22-2-7-23(8-3-22)24-9-11-25(12-10-24)31-28(34)16-17-29(31)35/h2-17,32H,1,18-19H2/b13-4+. The molecule has 3 aromatic rings. The Balaban J connectivity index is 1.32. The number of esters is 1. The Kier molecular flexibility index (Phi) is 7.66. The molecule has 1 N–H and O–H groups in total. The molecule has 1 heterocycles. The van der Waals surface area contributed by atoms with E-state index in [4.69, 9.17) is 9.84 Å². The Hall–Kier alpha value is -4.88. The average molecular weight is 494 g/mol. The van der Waals surface area contributed by atoms with Gasteiger partial charge in [0.15, 0.2) is 5.78 Å². The van der Waals surface area contributed by atoms with Crippen LogP contribution in [0, 0.1) is 0 Å². The van der Waals surface area contributed by atoms with Crippen molar-refractivity contribution >= 4 is 35.3 Å². The molecular weight excluding hydrogens is 470 g/mol. The van der Waals surface area contributed by atoms with E-state index in [1.807, 2.05) is 36.4 Å². The lowest BCUT2D eigenvalue weighted by molar-refractivity contribution is -0.130. The van der Waals surface area contributed by atoms with E-state index in [0.29, 0.717) is 11.4 Å². The van der Waals surface area contributed by atoms with Crippen LogP contribution in [0.2, 0.25) is 0 Å². The highest BCUT2D eigenvalue weighted by molar-refractivity contribution is 6.28. The van der Waals surface area contributed by atoms with Crippen LogP contribution in [0.15, 0.2) is 103 Å². The number of aliphatic hydroxyl groups excluding tert-OH is 1. The summed E-state index contributed by atoms with van der Waals surface area (Å²) in [4.78, 5) is 48.8. The van der Waals surface area contributed by atoms with Gasteiger partial charge in [0.05, 0.1) is 17.9 Å². The molecule has 37 heavy (non-hydrogen) atoms. The molecule has 0 aliphatic carbocycles. The number of carbonyl (C=O) groups is 4. The highest BCUT2D eigenvalue weighted by atomic mass is 16.5. The first kappa shape index (κ1) is 25.2. The van der Waals surface area contributed by atoms with E-state index in [9.17, 15) is 19.2 Å². The molecule has 0 spiro atoms. The van der Waals surface area contributed by atoms with Crippen LogP contribution in [0.3, 0.4) is 0 Å². The van der Waals surface area contributed by atoms with Crippen molar-refractivity contribution in [1.82, 2.24) is 0 Å². The van der Waals surface area contributed by atoms with E-state index in [1.54, 1.807) is 42.5 Å². The molecule has 0 aromatic heterocycles. The number of aliphatic hydroxyl groups is 1. The number of allylic oxidation sites excluding steroid dienone is 1. The largest absolute Gasteiger partial charge is 0.423 e. The molecule has 0 atom stereocenters. The van der Waals surface area contributed by atoms with Gasteiger partial charge in [0.25, 0.3) is 11.8 Å². The first-order valence-electron chi connectivity index (χ1n) is 11.4. The number of amides is 2. The molecule has 3 aromatic carbocycles. The van der Waals surface area contributed by atoms with Crippen LogP contribution in [-0.2, 0) is 25.6 Å². The molecule has 4 rings (SSSR count). The molecule has 7 heteroatoms. The zero-order chi connectivity index (χ0) is 26.4. The van der Waals surface area contributed by atoms with E-state index >= 15 is 0 Å². The highest BCUT2D eigenvalue weighted by Crippen LogP contribution is 2.25. The number of anilines is 1. The third-order valence-electron chi connectivity index (χ3n) is 5.63. The number of rotatable bonds is 9. The van der Waals surface area contributed by atoms with E-state index in [2.05, 4.69) is 6.58 Å². The van der Waals surface area contributed by atoms with E-state index in [1.165, 1.54) is 18.2 Å². The van der Waals surface area contributed by atoms with Gasteiger partial charge < -0.3 is 9.84 Å². The van der Waals surface area contributed by atoms with Crippen molar-refractivity contribution < 1.29 is 29.0 Å². The summed E-state index contributed by atoms with van der Waals surface area (Å²) in [6, 6.07) is 21.3. The molecular formula is C30H23NO6. The zero-order valence-electron chi connectivity index (χ0n) is 19.8. The molecule has 0 radical (unpaired) electrons. The summed E-state index contributed by atoms with van der Waals surface area (Å²) in [5.41, 5.74) is 3.97. The molecule has 1 aliphatic rings. The highest BCUT2D eigenvalue weighted by Gasteiger charge is 2.24. The van der Waals surface area contributed by atoms with Crippen LogP contribution in [0.1, 0.15) is 11.1 Å². The second-order valence-electron chi connectivity index (χ2n) is 8.29. The lowest BCUT2D eigenvalue weighted by Crippen LogP contribution is -2.29. The molecule has 0 saturated heterocycles. The van der Waals surface area contributed by atoms with Crippen LogP contribution in [-0.4, -0.2) is 35.3 Å². The number of carbonyl (C=O) groups excluding carboxylic acids is 4. The van der Waals surface area contributed by atoms with Crippen molar-refractivity contribution in [2.75, 3.05) is 11.5 Å². The molecule has 7 nitrogen and oxygen atoms in total. The Morgan fingerprint density at radius 2 is 1.41 bits per heavy atom. The van der Waals surface area contributed by atoms with Gasteiger partial charge in [0.1, 0.15) is 5.75 Å². The number of hydrogen-bond acceptors (Lipinski definition) is 6. The van der Waals surface area contributed by atoms with Crippen LogP contribution in [0.25, 0.3) is 17.2 Å². The number of imide groups is 1. The van der Waals surface area contributed by atoms with Gasteiger partial charge >= 0.3 is 5.97 Å². The molecule has 1 aliphatic heterocycles. The minimum absolute atomic E-state index is 0.0359. The maximum atomic E-state index is 12.4. The Morgan fingerprint density at radius 3 is 1.97 bits per heavy atom. The summed E-state index contributed by atoms with van der Waals surface area (Å²) in [5.74, 6) is -1.17. The van der Waals surface area contributed by atoms with Gasteiger partial charge in [-0.15, -0.1) is 0 Å². The van der Waals surface area contributed by atoms with Crippen LogP contribution >= 0.6 is 0 Å². The lowest BCUT2D eigenvalue weighted by Gasteiger charge is -2.14. The molecule has 0 unspecified atom stereocenters. The SMILES string of the molecule is C=C(CO)C(=O)Oc1ccc(/C=C/C(=O)Cc2ccc(-c3ccc(N4C(=O)C=CC4=O)cc3)cc2)cc1. The minimum atomic E-state index is -0.698. The molecule has 184 valence electrons. The Morgan fingerprint density at radius 1 is 0.838 bits per heavy atom. The molecule has 0 bridgehead atoms. The fourth-order valence-corrected chi connectivity index (χ4v) is 3.61.